The Morgan fingerprint density at radius 2 is 1.46 bits per heavy atom. The minimum Gasteiger partial charge on any atom is -0.478 e. The van der Waals surface area contributed by atoms with Gasteiger partial charge in [-0.3, -0.25) is 4.79 Å². The van der Waals surface area contributed by atoms with E-state index in [0.717, 1.165) is 36.8 Å². The average Bonchev–Trinajstić information content (AvgIpc) is 2.59. The van der Waals surface area contributed by atoms with E-state index in [1.807, 2.05) is 12.1 Å². The van der Waals surface area contributed by atoms with Gasteiger partial charge in [-0.2, -0.15) is 0 Å². The first-order valence-electron chi connectivity index (χ1n) is 8.24. The maximum Gasteiger partial charge on any atom is 0.335 e. The molecular weight excluding hydrogens is 304 g/mol. The van der Waals surface area contributed by atoms with Crippen LogP contribution < -0.4 is 4.74 Å². The van der Waals surface area contributed by atoms with Gasteiger partial charge in [-0.1, -0.05) is 50.5 Å². The maximum atomic E-state index is 11.8. The topological polar surface area (TPSA) is 63.6 Å². The number of esters is 1. The Hall–Kier alpha value is -2.62. The Morgan fingerprint density at radius 1 is 0.875 bits per heavy atom. The summed E-state index contributed by atoms with van der Waals surface area (Å²) in [6.07, 6.45) is 4.64. The van der Waals surface area contributed by atoms with E-state index in [1.165, 1.54) is 0 Å². The van der Waals surface area contributed by atoms with Gasteiger partial charge in [-0.05, 0) is 41.8 Å². The maximum absolute atomic E-state index is 11.8. The van der Waals surface area contributed by atoms with Crippen LogP contribution in [0.5, 0.6) is 5.75 Å². The van der Waals surface area contributed by atoms with Crippen LogP contribution in [0.2, 0.25) is 0 Å². The summed E-state index contributed by atoms with van der Waals surface area (Å²) in [5.74, 6) is -0.617. The number of rotatable bonds is 8. The van der Waals surface area contributed by atoms with Crippen LogP contribution in [0.4, 0.5) is 0 Å². The Balaban J connectivity index is 1.92. The Kier molecular flexibility index (Phi) is 6.55. The van der Waals surface area contributed by atoms with Crippen molar-refractivity contribution < 1.29 is 19.4 Å². The quantitative estimate of drug-likeness (QED) is 0.424. The van der Waals surface area contributed by atoms with Crippen LogP contribution in [0.3, 0.4) is 0 Å². The number of carboxylic acid groups (broad SMARTS) is 1. The summed E-state index contributed by atoms with van der Waals surface area (Å²) in [7, 11) is 0. The first-order chi connectivity index (χ1) is 11.6. The Bertz CT molecular complexity index is 672. The predicted molar refractivity (Wildman–Crippen MR) is 93.2 cm³/mol. The average molecular weight is 326 g/mol. The molecule has 4 nitrogen and oxygen atoms in total. The summed E-state index contributed by atoms with van der Waals surface area (Å²) in [5, 5.41) is 8.91. The molecule has 0 aromatic heterocycles. The van der Waals surface area contributed by atoms with E-state index in [9.17, 15) is 9.59 Å². The van der Waals surface area contributed by atoms with Crippen LogP contribution in [0.25, 0.3) is 11.1 Å². The van der Waals surface area contributed by atoms with E-state index >= 15 is 0 Å². The molecule has 4 heteroatoms. The molecule has 0 spiro atoms. The van der Waals surface area contributed by atoms with Crippen molar-refractivity contribution in [2.75, 3.05) is 0 Å². The number of aromatic carboxylic acids is 1. The van der Waals surface area contributed by atoms with Gasteiger partial charge < -0.3 is 9.84 Å². The molecule has 0 aliphatic heterocycles. The molecule has 0 amide bonds. The first-order valence-corrected chi connectivity index (χ1v) is 8.24. The number of benzene rings is 2. The molecule has 2 aromatic carbocycles. The van der Waals surface area contributed by atoms with E-state index < -0.39 is 5.97 Å². The molecular formula is C20H22O4. The van der Waals surface area contributed by atoms with Crippen molar-refractivity contribution in [3.05, 3.63) is 54.1 Å². The fraction of sp³-hybridized carbons (Fsp3) is 0.300. The monoisotopic (exact) mass is 326 g/mol. The molecule has 0 bridgehead atoms. The van der Waals surface area contributed by atoms with Gasteiger partial charge in [0, 0.05) is 6.42 Å². The molecule has 126 valence electrons. The normalized spacial score (nSPS) is 10.4. The number of ether oxygens (including phenoxy) is 1. The highest BCUT2D eigenvalue weighted by Gasteiger charge is 2.06. The zero-order valence-electron chi connectivity index (χ0n) is 13.8. The van der Waals surface area contributed by atoms with Crippen LogP contribution in [-0.4, -0.2) is 17.0 Å². The van der Waals surface area contributed by atoms with Crippen LogP contribution in [-0.2, 0) is 4.79 Å². The van der Waals surface area contributed by atoms with Crippen molar-refractivity contribution >= 4 is 11.9 Å². The van der Waals surface area contributed by atoms with Gasteiger partial charge in [0.2, 0.25) is 0 Å². The summed E-state index contributed by atoms with van der Waals surface area (Å²) < 4.78 is 5.32. The van der Waals surface area contributed by atoms with Crippen molar-refractivity contribution in [2.24, 2.45) is 0 Å². The van der Waals surface area contributed by atoms with Crippen LogP contribution in [0.1, 0.15) is 49.4 Å². The van der Waals surface area contributed by atoms with Crippen LogP contribution in [0.15, 0.2) is 48.5 Å². The van der Waals surface area contributed by atoms with E-state index in [1.54, 1.807) is 36.4 Å². The molecule has 0 aliphatic rings. The van der Waals surface area contributed by atoms with Crippen molar-refractivity contribution in [3.63, 3.8) is 0 Å². The van der Waals surface area contributed by atoms with E-state index in [4.69, 9.17) is 9.84 Å². The number of carbonyl (C=O) groups is 2. The van der Waals surface area contributed by atoms with Crippen LogP contribution >= 0.6 is 0 Å². The first kappa shape index (κ1) is 17.7. The number of carbonyl (C=O) groups excluding carboxylic acids is 1. The number of carboxylic acids is 1. The lowest BCUT2D eigenvalue weighted by Gasteiger charge is -2.06. The number of hydrogen-bond acceptors (Lipinski definition) is 3. The summed E-state index contributed by atoms with van der Waals surface area (Å²) in [6.45, 7) is 2.13. The fourth-order valence-electron chi connectivity index (χ4n) is 2.40. The predicted octanol–water partition coefficient (Wildman–Crippen LogP) is 4.93. The third-order valence-corrected chi connectivity index (χ3v) is 3.79. The summed E-state index contributed by atoms with van der Waals surface area (Å²) in [5.41, 5.74) is 2.11. The minimum atomic E-state index is -0.942. The molecule has 0 heterocycles. The van der Waals surface area contributed by atoms with Gasteiger partial charge in [0.25, 0.3) is 0 Å². The molecule has 0 saturated carbocycles. The molecule has 2 aromatic rings. The second-order valence-electron chi connectivity index (χ2n) is 5.69. The highest BCUT2D eigenvalue weighted by Crippen LogP contribution is 2.23. The number of hydrogen-bond donors (Lipinski definition) is 1. The van der Waals surface area contributed by atoms with Crippen LogP contribution in [0, 0.1) is 0 Å². The molecule has 0 saturated heterocycles. The van der Waals surface area contributed by atoms with Crippen molar-refractivity contribution in [1.29, 1.82) is 0 Å². The molecule has 0 fully saturated rings. The highest BCUT2D eigenvalue weighted by atomic mass is 16.5. The molecule has 24 heavy (non-hydrogen) atoms. The molecule has 0 atom stereocenters. The molecule has 0 aliphatic carbocycles. The molecule has 0 radical (unpaired) electrons. The highest BCUT2D eigenvalue weighted by molar-refractivity contribution is 5.88. The van der Waals surface area contributed by atoms with Gasteiger partial charge >= 0.3 is 11.9 Å². The summed E-state index contributed by atoms with van der Waals surface area (Å²) in [6, 6.07) is 13.9. The standard InChI is InChI=1S/C20H22O4/c1-2-3-4-5-6-19(21)24-18-13-11-16(12-14-18)15-7-9-17(10-8-15)20(22)23/h7-14H,2-6H2,1H3,(H,22,23). The lowest BCUT2D eigenvalue weighted by Crippen LogP contribution is -2.07. The van der Waals surface area contributed by atoms with Gasteiger partial charge in [0.05, 0.1) is 5.56 Å². The summed E-state index contributed by atoms with van der Waals surface area (Å²) >= 11 is 0. The lowest BCUT2D eigenvalue weighted by molar-refractivity contribution is -0.134. The van der Waals surface area contributed by atoms with Gasteiger partial charge in [-0.15, -0.1) is 0 Å². The molecule has 1 N–H and O–H groups in total. The fourth-order valence-corrected chi connectivity index (χ4v) is 2.40. The minimum absolute atomic E-state index is 0.204. The third-order valence-electron chi connectivity index (χ3n) is 3.79. The second kappa shape index (κ2) is 8.87. The van der Waals surface area contributed by atoms with Gasteiger partial charge in [-0.25, -0.2) is 4.79 Å². The number of unbranched alkanes of at least 4 members (excludes halogenated alkanes) is 3. The van der Waals surface area contributed by atoms with Crippen molar-refractivity contribution in [2.45, 2.75) is 39.0 Å². The van der Waals surface area contributed by atoms with E-state index in [0.29, 0.717) is 12.2 Å². The SMILES string of the molecule is CCCCCCC(=O)Oc1ccc(-c2ccc(C(=O)O)cc2)cc1. The van der Waals surface area contributed by atoms with Crippen molar-refractivity contribution in [3.8, 4) is 16.9 Å². The van der Waals surface area contributed by atoms with Gasteiger partial charge in [0.1, 0.15) is 5.75 Å². The Labute approximate surface area is 142 Å². The van der Waals surface area contributed by atoms with Crippen molar-refractivity contribution in [1.82, 2.24) is 0 Å². The zero-order chi connectivity index (χ0) is 17.4. The Morgan fingerprint density at radius 3 is 2.00 bits per heavy atom. The van der Waals surface area contributed by atoms with Gasteiger partial charge in [0.15, 0.2) is 0 Å². The zero-order valence-corrected chi connectivity index (χ0v) is 13.8. The summed E-state index contributed by atoms with van der Waals surface area (Å²) in [4.78, 5) is 22.6. The molecule has 2 rings (SSSR count). The lowest BCUT2D eigenvalue weighted by atomic mass is 10.0. The molecule has 0 unspecified atom stereocenters. The second-order valence-corrected chi connectivity index (χ2v) is 5.69. The smallest absolute Gasteiger partial charge is 0.335 e. The van der Waals surface area contributed by atoms with E-state index in [-0.39, 0.29) is 11.5 Å². The largest absolute Gasteiger partial charge is 0.478 e. The third kappa shape index (κ3) is 5.23. The van der Waals surface area contributed by atoms with E-state index in [2.05, 4.69) is 6.92 Å².